The van der Waals surface area contributed by atoms with Crippen LogP contribution in [0.1, 0.15) is 18.9 Å². The number of hydrogen-bond acceptors (Lipinski definition) is 2. The lowest BCUT2D eigenvalue weighted by Crippen LogP contribution is -2.33. The molecule has 3 nitrogen and oxygen atoms in total. The first-order valence-electron chi connectivity index (χ1n) is 7.29. The Morgan fingerprint density at radius 1 is 1.33 bits per heavy atom. The van der Waals surface area contributed by atoms with Crippen LogP contribution in [0, 0.1) is 18.8 Å². The van der Waals surface area contributed by atoms with Crippen LogP contribution in [0.15, 0.2) is 54.0 Å². The fourth-order valence-electron chi connectivity index (χ4n) is 2.50. The van der Waals surface area contributed by atoms with Crippen molar-refractivity contribution in [1.82, 2.24) is 4.31 Å². The zero-order valence-corrected chi connectivity index (χ0v) is 13.5. The van der Waals surface area contributed by atoms with Gasteiger partial charge in [0.25, 0.3) is 0 Å². The summed E-state index contributed by atoms with van der Waals surface area (Å²) in [4.78, 5) is 0.359. The summed E-state index contributed by atoms with van der Waals surface area (Å²) in [5, 5.41) is 0. The maximum Gasteiger partial charge on any atom is 0.243 e. The van der Waals surface area contributed by atoms with Crippen LogP contribution in [-0.2, 0) is 10.0 Å². The Morgan fingerprint density at radius 2 is 2.00 bits per heavy atom. The van der Waals surface area contributed by atoms with Gasteiger partial charge in [-0.05, 0) is 44.2 Å². The van der Waals surface area contributed by atoms with Crippen LogP contribution in [-0.4, -0.2) is 25.8 Å². The summed E-state index contributed by atoms with van der Waals surface area (Å²) in [6, 6.07) is 7.02. The van der Waals surface area contributed by atoms with Crippen molar-refractivity contribution in [3.8, 4) is 0 Å². The number of allylic oxidation sites excluding steroid dienone is 2. The third kappa shape index (κ3) is 3.83. The normalized spacial score (nSPS) is 21.9. The van der Waals surface area contributed by atoms with Crippen LogP contribution in [0.4, 0.5) is 0 Å². The molecule has 1 aliphatic carbocycles. The molecule has 0 unspecified atom stereocenters. The van der Waals surface area contributed by atoms with E-state index in [0.717, 1.165) is 12.0 Å². The second kappa shape index (κ2) is 6.58. The molecule has 0 aromatic heterocycles. The third-order valence-corrected chi connectivity index (χ3v) is 5.69. The standard InChI is InChI=1S/C17H23NO2S/c1-4-6-15-12-16(15)13-18(11-5-2)21(19,20)17-9-7-14(3)8-10-17/h4-10,15-16H,2,11-13H2,1,3H3/b6-4+/t15-,16+/m0/s1. The van der Waals surface area contributed by atoms with E-state index in [9.17, 15) is 8.42 Å². The van der Waals surface area contributed by atoms with Crippen molar-refractivity contribution in [2.24, 2.45) is 11.8 Å². The van der Waals surface area contributed by atoms with E-state index in [4.69, 9.17) is 0 Å². The van der Waals surface area contributed by atoms with Gasteiger partial charge in [-0.1, -0.05) is 35.9 Å². The summed E-state index contributed by atoms with van der Waals surface area (Å²) in [7, 11) is -3.44. The molecule has 1 aliphatic rings. The van der Waals surface area contributed by atoms with Crippen LogP contribution in [0.25, 0.3) is 0 Å². The number of sulfonamides is 1. The van der Waals surface area contributed by atoms with Crippen LogP contribution < -0.4 is 0 Å². The minimum absolute atomic E-state index is 0.356. The van der Waals surface area contributed by atoms with Crippen LogP contribution in [0.5, 0.6) is 0 Å². The highest BCUT2D eigenvalue weighted by atomic mass is 32.2. The molecule has 1 saturated carbocycles. The number of aryl methyl sites for hydroxylation is 1. The lowest BCUT2D eigenvalue weighted by molar-refractivity contribution is 0.421. The topological polar surface area (TPSA) is 37.4 Å². The van der Waals surface area contributed by atoms with Gasteiger partial charge in [0.15, 0.2) is 0 Å². The van der Waals surface area contributed by atoms with Gasteiger partial charge in [-0.25, -0.2) is 8.42 Å². The highest BCUT2D eigenvalue weighted by Crippen LogP contribution is 2.40. The van der Waals surface area contributed by atoms with Crippen molar-refractivity contribution in [1.29, 1.82) is 0 Å². The fraction of sp³-hybridized carbons (Fsp3) is 0.412. The van der Waals surface area contributed by atoms with E-state index in [1.54, 1.807) is 22.5 Å². The van der Waals surface area contributed by atoms with Gasteiger partial charge in [-0.15, -0.1) is 6.58 Å². The lowest BCUT2D eigenvalue weighted by Gasteiger charge is -2.21. The number of benzene rings is 1. The Labute approximate surface area is 128 Å². The van der Waals surface area contributed by atoms with E-state index in [2.05, 4.69) is 12.7 Å². The van der Waals surface area contributed by atoms with E-state index in [1.165, 1.54) is 0 Å². The highest BCUT2D eigenvalue weighted by molar-refractivity contribution is 7.89. The van der Waals surface area contributed by atoms with E-state index in [-0.39, 0.29) is 0 Å². The zero-order valence-electron chi connectivity index (χ0n) is 12.7. The Morgan fingerprint density at radius 3 is 2.57 bits per heavy atom. The number of rotatable bonds is 7. The number of nitrogens with zero attached hydrogens (tertiary/aromatic N) is 1. The van der Waals surface area contributed by atoms with Gasteiger partial charge in [0.05, 0.1) is 4.90 Å². The molecule has 1 fully saturated rings. The second-order valence-corrected chi connectivity index (χ2v) is 7.55. The van der Waals surface area contributed by atoms with Crippen LogP contribution >= 0.6 is 0 Å². The molecule has 0 spiro atoms. The predicted octanol–water partition coefficient (Wildman–Crippen LogP) is 3.38. The Kier molecular flexibility index (Phi) is 5.01. The van der Waals surface area contributed by atoms with E-state index in [1.807, 2.05) is 32.1 Å². The first-order valence-corrected chi connectivity index (χ1v) is 8.73. The average molecular weight is 305 g/mol. The maximum absolute atomic E-state index is 12.7. The van der Waals surface area contributed by atoms with E-state index < -0.39 is 10.0 Å². The molecule has 0 saturated heterocycles. The largest absolute Gasteiger partial charge is 0.243 e. The molecule has 0 amide bonds. The third-order valence-electron chi connectivity index (χ3n) is 3.85. The first-order chi connectivity index (χ1) is 9.98. The summed E-state index contributed by atoms with van der Waals surface area (Å²) < 4.78 is 27.0. The van der Waals surface area contributed by atoms with Crippen molar-refractivity contribution in [3.63, 3.8) is 0 Å². The summed E-state index contributed by atoms with van der Waals surface area (Å²) in [6.07, 6.45) is 6.92. The summed E-state index contributed by atoms with van der Waals surface area (Å²) in [5.41, 5.74) is 1.06. The first kappa shape index (κ1) is 16.0. The van der Waals surface area contributed by atoms with Crippen LogP contribution in [0.3, 0.4) is 0 Å². The molecule has 0 aliphatic heterocycles. The smallest absolute Gasteiger partial charge is 0.207 e. The molecular weight excluding hydrogens is 282 g/mol. The Bertz CT molecular complexity index is 617. The molecule has 0 N–H and O–H groups in total. The van der Waals surface area contributed by atoms with Crippen molar-refractivity contribution in [2.75, 3.05) is 13.1 Å². The summed E-state index contributed by atoms with van der Waals surface area (Å²) in [6.45, 7) is 8.56. The van der Waals surface area contributed by atoms with Gasteiger partial charge < -0.3 is 0 Å². The van der Waals surface area contributed by atoms with Crippen molar-refractivity contribution >= 4 is 10.0 Å². The monoisotopic (exact) mass is 305 g/mol. The molecular formula is C17H23NO2S. The van der Waals surface area contributed by atoms with Crippen molar-refractivity contribution in [3.05, 3.63) is 54.6 Å². The molecule has 1 aromatic rings. The highest BCUT2D eigenvalue weighted by Gasteiger charge is 2.38. The van der Waals surface area contributed by atoms with Crippen molar-refractivity contribution in [2.45, 2.75) is 25.2 Å². The average Bonchev–Trinajstić information content (AvgIpc) is 3.17. The molecule has 2 rings (SSSR count). The van der Waals surface area contributed by atoms with E-state index >= 15 is 0 Å². The Balaban J connectivity index is 2.16. The maximum atomic E-state index is 12.7. The van der Waals surface area contributed by atoms with E-state index in [0.29, 0.717) is 29.8 Å². The number of hydrogen-bond donors (Lipinski definition) is 0. The minimum atomic E-state index is -3.44. The van der Waals surface area contributed by atoms with Gasteiger partial charge in [0, 0.05) is 13.1 Å². The predicted molar refractivity (Wildman–Crippen MR) is 86.5 cm³/mol. The fourth-order valence-corrected chi connectivity index (χ4v) is 3.97. The second-order valence-electron chi connectivity index (χ2n) is 5.61. The molecule has 0 heterocycles. The van der Waals surface area contributed by atoms with Crippen molar-refractivity contribution < 1.29 is 8.42 Å². The van der Waals surface area contributed by atoms with Gasteiger partial charge in [-0.3, -0.25) is 0 Å². The summed E-state index contributed by atoms with van der Waals surface area (Å²) in [5.74, 6) is 0.955. The summed E-state index contributed by atoms with van der Waals surface area (Å²) >= 11 is 0. The Hall–Kier alpha value is -1.39. The lowest BCUT2D eigenvalue weighted by atomic mass is 10.2. The quantitative estimate of drug-likeness (QED) is 0.724. The van der Waals surface area contributed by atoms with Gasteiger partial charge in [0.2, 0.25) is 10.0 Å². The molecule has 0 bridgehead atoms. The molecule has 1 aromatic carbocycles. The zero-order chi connectivity index (χ0) is 15.5. The molecule has 21 heavy (non-hydrogen) atoms. The molecule has 114 valence electrons. The van der Waals surface area contributed by atoms with Gasteiger partial charge in [0.1, 0.15) is 0 Å². The molecule has 4 heteroatoms. The van der Waals surface area contributed by atoms with Gasteiger partial charge in [-0.2, -0.15) is 4.31 Å². The molecule has 0 radical (unpaired) electrons. The van der Waals surface area contributed by atoms with Gasteiger partial charge >= 0.3 is 0 Å². The SMILES string of the molecule is C=CCN(C[C@H]1C[C@@H]1/C=C/C)S(=O)(=O)c1ccc(C)cc1. The van der Waals surface area contributed by atoms with Crippen LogP contribution in [0.2, 0.25) is 0 Å². The molecule has 2 atom stereocenters. The minimum Gasteiger partial charge on any atom is -0.207 e.